The molecule has 8 rings (SSSR count). The minimum Gasteiger partial charge on any atom is -0.392 e. The Morgan fingerprint density at radius 3 is 1.40 bits per heavy atom. The van der Waals surface area contributed by atoms with Gasteiger partial charge in [0.2, 0.25) is 0 Å². The molecule has 2 atom stereocenters. The van der Waals surface area contributed by atoms with Crippen molar-refractivity contribution in [2.75, 3.05) is 0 Å². The molecule has 2 aliphatic rings. The van der Waals surface area contributed by atoms with Crippen LogP contribution in [0, 0.1) is 6.92 Å². The summed E-state index contributed by atoms with van der Waals surface area (Å²) < 4.78 is 0. The maximum atomic E-state index is 10.9. The van der Waals surface area contributed by atoms with Crippen LogP contribution < -0.4 is 0 Å². The van der Waals surface area contributed by atoms with E-state index < -0.39 is 0 Å². The lowest BCUT2D eigenvalue weighted by atomic mass is 9.72. The van der Waals surface area contributed by atoms with E-state index in [9.17, 15) is 5.11 Å². The fourth-order valence-corrected chi connectivity index (χ4v) is 9.88. The van der Waals surface area contributed by atoms with Gasteiger partial charge in [0.1, 0.15) is 0 Å². The third kappa shape index (κ3) is 7.84. The summed E-state index contributed by atoms with van der Waals surface area (Å²) in [6, 6.07) is 43.1. The molecule has 0 heterocycles. The molecule has 0 amide bonds. The number of aryl methyl sites for hydroxylation is 2. The molecule has 6 aromatic rings. The SMILES string of the molecule is Cc1ccc(C2Cc3ccc(C(C)(C)C)cc3-c3cc(C(C)(C)C)ccc32)cc1-c1cc([C@H]2CCc3ccc(C(C)(C)C)cc3-c3cc(C(C)(C)C)ccc32)ccc1CO. The smallest absolute Gasteiger partial charge is 0.0687 e. The number of aliphatic hydroxyl groups excluding tert-OH is 1. The highest BCUT2D eigenvalue weighted by Crippen LogP contribution is 2.48. The van der Waals surface area contributed by atoms with E-state index in [1.807, 2.05) is 0 Å². The molecule has 310 valence electrons. The van der Waals surface area contributed by atoms with Crippen LogP contribution in [0.3, 0.4) is 0 Å². The topological polar surface area (TPSA) is 20.2 Å². The third-order valence-electron chi connectivity index (χ3n) is 13.9. The molecular weight excluding hydrogens is 725 g/mol. The average molecular weight is 793 g/mol. The molecule has 0 saturated carbocycles. The van der Waals surface area contributed by atoms with Crippen LogP contribution in [0.25, 0.3) is 33.4 Å². The van der Waals surface area contributed by atoms with Crippen molar-refractivity contribution in [3.8, 4) is 33.4 Å². The Morgan fingerprint density at radius 2 is 0.867 bits per heavy atom. The molecule has 0 aliphatic heterocycles. The summed E-state index contributed by atoms with van der Waals surface area (Å²) in [5.74, 6) is 0.454. The van der Waals surface area contributed by atoms with Crippen LogP contribution in [0.4, 0.5) is 0 Å². The van der Waals surface area contributed by atoms with E-state index in [2.05, 4.69) is 199 Å². The lowest BCUT2D eigenvalue weighted by molar-refractivity contribution is 0.282. The first-order valence-electron chi connectivity index (χ1n) is 22.5. The van der Waals surface area contributed by atoms with Gasteiger partial charge in [-0.3, -0.25) is 0 Å². The van der Waals surface area contributed by atoms with Gasteiger partial charge in [-0.05, 0) is 148 Å². The molecule has 0 fully saturated rings. The van der Waals surface area contributed by atoms with Gasteiger partial charge in [-0.2, -0.15) is 0 Å². The monoisotopic (exact) mass is 793 g/mol. The molecular formula is C59H68O. The van der Waals surface area contributed by atoms with Gasteiger partial charge >= 0.3 is 0 Å². The highest BCUT2D eigenvalue weighted by molar-refractivity contribution is 5.79. The molecule has 0 radical (unpaired) electrons. The predicted molar refractivity (Wildman–Crippen MR) is 257 cm³/mol. The maximum absolute atomic E-state index is 10.9. The highest BCUT2D eigenvalue weighted by atomic mass is 16.3. The molecule has 2 aliphatic carbocycles. The number of rotatable bonds is 4. The molecule has 0 bridgehead atoms. The maximum Gasteiger partial charge on any atom is 0.0687 e. The standard InChI is InChI=1S/C59H68O/c1-36-14-15-39(50-30-40-19-22-43(57(5,6)7)32-53(40)55-34-45(59(11,12)13)24-27-48(50)55)28-49(36)51-29-38(16-17-41(51)35-60)46-25-20-37-18-21-42(56(2,3)4)31-52(37)54-33-44(58(8,9)10)23-26-47(46)54/h14-19,21-24,26-29,31-34,46,50,60H,20,25,30,35H2,1-13H3/t46-,50?/m1/s1. The molecule has 0 saturated heterocycles. The van der Waals surface area contributed by atoms with Crippen molar-refractivity contribution < 1.29 is 5.11 Å². The lowest BCUT2D eigenvalue weighted by Gasteiger charge is -2.32. The quantitative estimate of drug-likeness (QED) is 0.189. The van der Waals surface area contributed by atoms with Crippen molar-refractivity contribution >= 4 is 0 Å². The second-order valence-electron chi connectivity index (χ2n) is 22.3. The molecule has 1 N–H and O–H groups in total. The van der Waals surface area contributed by atoms with Crippen LogP contribution in [-0.4, -0.2) is 5.11 Å². The first kappa shape index (κ1) is 42.0. The van der Waals surface area contributed by atoms with Gasteiger partial charge in [-0.25, -0.2) is 0 Å². The van der Waals surface area contributed by atoms with Crippen molar-refractivity contribution in [2.45, 2.75) is 149 Å². The number of hydrogen-bond acceptors (Lipinski definition) is 1. The zero-order chi connectivity index (χ0) is 43.1. The summed E-state index contributed by atoms with van der Waals surface area (Å²) in [7, 11) is 0. The van der Waals surface area contributed by atoms with Crippen LogP contribution in [-0.2, 0) is 41.1 Å². The fraction of sp³-hybridized carbons (Fsp3) is 0.390. The van der Waals surface area contributed by atoms with Crippen LogP contribution in [0.15, 0.2) is 109 Å². The van der Waals surface area contributed by atoms with Crippen molar-refractivity contribution in [1.29, 1.82) is 0 Å². The number of fused-ring (bicyclic) bond motifs is 6. The molecule has 60 heavy (non-hydrogen) atoms. The van der Waals surface area contributed by atoms with E-state index in [4.69, 9.17) is 0 Å². The molecule has 6 aromatic carbocycles. The van der Waals surface area contributed by atoms with Crippen LogP contribution >= 0.6 is 0 Å². The van der Waals surface area contributed by atoms with Crippen molar-refractivity contribution in [2.24, 2.45) is 0 Å². The number of hydrogen-bond donors (Lipinski definition) is 1. The molecule has 1 nitrogen and oxygen atoms in total. The Kier molecular flexibility index (Phi) is 10.5. The van der Waals surface area contributed by atoms with E-state index in [-0.39, 0.29) is 40.1 Å². The van der Waals surface area contributed by atoms with Gasteiger partial charge in [-0.15, -0.1) is 0 Å². The summed E-state index contributed by atoms with van der Waals surface area (Å²) in [6.45, 7) is 30.1. The molecule has 1 unspecified atom stereocenters. The van der Waals surface area contributed by atoms with Crippen molar-refractivity contribution in [3.05, 3.63) is 176 Å². The summed E-state index contributed by atoms with van der Waals surface area (Å²) in [5, 5.41) is 10.9. The highest BCUT2D eigenvalue weighted by Gasteiger charge is 2.31. The van der Waals surface area contributed by atoms with E-state index in [0.717, 1.165) is 30.4 Å². The van der Waals surface area contributed by atoms with Gasteiger partial charge in [0.15, 0.2) is 0 Å². The summed E-state index contributed by atoms with van der Waals surface area (Å²) in [5.41, 5.74) is 24.2. The van der Waals surface area contributed by atoms with Crippen LogP contribution in [0.5, 0.6) is 0 Å². The summed E-state index contributed by atoms with van der Waals surface area (Å²) >= 11 is 0. The molecule has 0 aromatic heterocycles. The van der Waals surface area contributed by atoms with Gasteiger partial charge in [0.05, 0.1) is 6.61 Å². The minimum absolute atomic E-state index is 0.00181. The van der Waals surface area contributed by atoms with E-state index in [1.165, 1.54) is 89.0 Å². The number of aliphatic hydroxyl groups is 1. The molecule has 1 heteroatoms. The van der Waals surface area contributed by atoms with Crippen LogP contribution in [0.2, 0.25) is 0 Å². The Balaban J connectivity index is 1.25. The summed E-state index contributed by atoms with van der Waals surface area (Å²) in [4.78, 5) is 0. The number of benzene rings is 6. The second-order valence-corrected chi connectivity index (χ2v) is 22.3. The van der Waals surface area contributed by atoms with Crippen LogP contribution in [0.1, 0.15) is 168 Å². The Bertz CT molecular complexity index is 2600. The van der Waals surface area contributed by atoms with Crippen molar-refractivity contribution in [3.63, 3.8) is 0 Å². The Morgan fingerprint density at radius 1 is 0.433 bits per heavy atom. The molecule has 0 spiro atoms. The Hall–Kier alpha value is -4.72. The third-order valence-corrected chi connectivity index (χ3v) is 13.9. The fourth-order valence-electron chi connectivity index (χ4n) is 9.88. The second kappa shape index (κ2) is 15.0. The van der Waals surface area contributed by atoms with E-state index >= 15 is 0 Å². The zero-order valence-electron chi connectivity index (χ0n) is 38.8. The van der Waals surface area contributed by atoms with E-state index in [0.29, 0.717) is 0 Å². The van der Waals surface area contributed by atoms with Gasteiger partial charge in [0, 0.05) is 11.8 Å². The van der Waals surface area contributed by atoms with Crippen molar-refractivity contribution in [1.82, 2.24) is 0 Å². The minimum atomic E-state index is 0.00181. The van der Waals surface area contributed by atoms with Gasteiger partial charge in [-0.1, -0.05) is 192 Å². The Labute approximate surface area is 362 Å². The summed E-state index contributed by atoms with van der Waals surface area (Å²) in [6.07, 6.45) is 3.02. The van der Waals surface area contributed by atoms with E-state index in [1.54, 1.807) is 0 Å². The predicted octanol–water partition coefficient (Wildman–Crippen LogP) is 15.4. The largest absolute Gasteiger partial charge is 0.392 e. The van der Waals surface area contributed by atoms with Gasteiger partial charge < -0.3 is 5.11 Å². The first-order chi connectivity index (χ1) is 28.1. The normalized spacial score (nSPS) is 16.7. The average Bonchev–Trinajstić information content (AvgIpc) is 3.35. The zero-order valence-corrected chi connectivity index (χ0v) is 38.8. The first-order valence-corrected chi connectivity index (χ1v) is 22.5. The van der Waals surface area contributed by atoms with Gasteiger partial charge in [0.25, 0.3) is 0 Å². The lowest BCUT2D eigenvalue weighted by Crippen LogP contribution is -2.18.